The molecule has 138 valence electrons. The first-order chi connectivity index (χ1) is 11.6. The van der Waals surface area contributed by atoms with E-state index in [2.05, 4.69) is 5.32 Å². The highest BCUT2D eigenvalue weighted by Gasteiger charge is 2.33. The van der Waals surface area contributed by atoms with Crippen LogP contribution in [-0.4, -0.2) is 41.0 Å². The van der Waals surface area contributed by atoms with Gasteiger partial charge < -0.3 is 10.8 Å². The van der Waals surface area contributed by atoms with Crippen molar-refractivity contribution >= 4 is 23.5 Å². The Kier molecular flexibility index (Phi) is 7.57. The Morgan fingerprint density at radius 1 is 1.08 bits per heavy atom. The molecule has 25 heavy (non-hydrogen) atoms. The zero-order valence-corrected chi connectivity index (χ0v) is 15.1. The van der Waals surface area contributed by atoms with Crippen LogP contribution in [0, 0.1) is 5.92 Å². The first kappa shape index (κ1) is 20.6. The smallest absolute Gasteiger partial charge is 0.320 e. The molecule has 0 aliphatic rings. The molecule has 0 unspecified atom stereocenters. The summed E-state index contributed by atoms with van der Waals surface area (Å²) < 4.78 is 0. The number of rotatable bonds is 9. The number of hydrogen-bond acceptors (Lipinski definition) is 4. The lowest BCUT2D eigenvalue weighted by molar-refractivity contribution is -0.139. The van der Waals surface area contributed by atoms with Crippen LogP contribution in [0.15, 0.2) is 30.3 Å². The van der Waals surface area contributed by atoms with E-state index in [9.17, 15) is 14.4 Å². The number of carbonyl (C=O) groups excluding carboxylic acids is 2. The molecule has 0 fully saturated rings. The van der Waals surface area contributed by atoms with Gasteiger partial charge in [0.2, 0.25) is 11.8 Å². The van der Waals surface area contributed by atoms with Gasteiger partial charge in [0.1, 0.15) is 12.1 Å². The molecule has 7 heteroatoms. The lowest BCUT2D eigenvalue weighted by Crippen LogP contribution is -2.56. The number of aliphatic carboxylic acids is 1. The van der Waals surface area contributed by atoms with E-state index in [0.717, 1.165) is 0 Å². The lowest BCUT2D eigenvalue weighted by Gasteiger charge is -2.33. The topological polar surface area (TPSA) is 113 Å². The predicted molar refractivity (Wildman–Crippen MR) is 96.1 cm³/mol. The summed E-state index contributed by atoms with van der Waals surface area (Å²) in [4.78, 5) is 37.4. The van der Waals surface area contributed by atoms with Crippen LogP contribution in [-0.2, 0) is 14.4 Å². The van der Waals surface area contributed by atoms with Gasteiger partial charge in [-0.1, -0.05) is 32.0 Å². The maximum Gasteiger partial charge on any atom is 0.320 e. The number of benzene rings is 1. The fourth-order valence-electron chi connectivity index (χ4n) is 2.57. The molecule has 0 heterocycles. The van der Waals surface area contributed by atoms with Gasteiger partial charge in [-0.15, -0.1) is 0 Å². The Bertz CT molecular complexity index is 604. The number of para-hydroxylation sites is 1. The minimum atomic E-state index is -1.06. The van der Waals surface area contributed by atoms with Gasteiger partial charge in [-0.05, 0) is 38.3 Å². The van der Waals surface area contributed by atoms with Crippen molar-refractivity contribution in [1.29, 1.82) is 0 Å². The van der Waals surface area contributed by atoms with Gasteiger partial charge in [0.15, 0.2) is 0 Å². The van der Waals surface area contributed by atoms with E-state index in [1.807, 2.05) is 19.9 Å². The maximum atomic E-state index is 13.0. The standard InChI is InChI=1S/C18H27N3O4/c1-11(2)10-15(16(19)22)21(14-8-6-5-7-9-14)17(23)12(3)20-13(4)18(24)25/h5-9,11-13,15,20H,10H2,1-4H3,(H2,19,22)(H,24,25)/t12-,13+,15+/m1/s1. The maximum absolute atomic E-state index is 13.0. The van der Waals surface area contributed by atoms with Crippen LogP contribution in [0.5, 0.6) is 0 Å². The molecule has 3 atom stereocenters. The van der Waals surface area contributed by atoms with Crippen molar-refractivity contribution in [2.75, 3.05) is 4.90 Å². The van der Waals surface area contributed by atoms with E-state index in [-0.39, 0.29) is 5.92 Å². The Balaban J connectivity index is 3.19. The summed E-state index contributed by atoms with van der Waals surface area (Å²) in [5.74, 6) is -1.90. The number of nitrogens with zero attached hydrogens (tertiary/aromatic N) is 1. The Labute approximate surface area is 148 Å². The SMILES string of the molecule is CC(C)C[C@@H](C(N)=O)N(C(=O)[C@@H](C)N[C@@H](C)C(=O)O)c1ccccc1. The van der Waals surface area contributed by atoms with Crippen LogP contribution in [0.3, 0.4) is 0 Å². The Hall–Kier alpha value is -2.41. The minimum Gasteiger partial charge on any atom is -0.480 e. The average molecular weight is 349 g/mol. The number of carboxylic acids is 1. The van der Waals surface area contributed by atoms with E-state index >= 15 is 0 Å². The third-order valence-electron chi connectivity index (χ3n) is 3.85. The van der Waals surface area contributed by atoms with Gasteiger partial charge in [-0.25, -0.2) is 0 Å². The molecular formula is C18H27N3O4. The summed E-state index contributed by atoms with van der Waals surface area (Å²) in [5, 5.41) is 11.8. The predicted octanol–water partition coefficient (Wildman–Crippen LogP) is 1.37. The Morgan fingerprint density at radius 2 is 1.64 bits per heavy atom. The summed E-state index contributed by atoms with van der Waals surface area (Å²) in [6.07, 6.45) is 0.414. The van der Waals surface area contributed by atoms with Crippen molar-refractivity contribution in [3.63, 3.8) is 0 Å². The van der Waals surface area contributed by atoms with Gasteiger partial charge in [-0.2, -0.15) is 0 Å². The molecule has 4 N–H and O–H groups in total. The zero-order chi connectivity index (χ0) is 19.1. The summed E-state index contributed by atoms with van der Waals surface area (Å²) in [6.45, 7) is 6.92. The van der Waals surface area contributed by atoms with E-state index < -0.39 is 35.9 Å². The van der Waals surface area contributed by atoms with E-state index in [1.165, 1.54) is 11.8 Å². The molecule has 0 aromatic heterocycles. The molecule has 1 aromatic carbocycles. The van der Waals surface area contributed by atoms with Crippen molar-refractivity contribution in [2.24, 2.45) is 11.7 Å². The zero-order valence-electron chi connectivity index (χ0n) is 15.1. The van der Waals surface area contributed by atoms with Crippen LogP contribution in [0.2, 0.25) is 0 Å². The summed E-state index contributed by atoms with van der Waals surface area (Å²) in [6, 6.07) is 6.29. The molecule has 0 aliphatic carbocycles. The van der Waals surface area contributed by atoms with Crippen molar-refractivity contribution in [2.45, 2.75) is 52.2 Å². The summed E-state index contributed by atoms with van der Waals surface area (Å²) in [7, 11) is 0. The molecular weight excluding hydrogens is 322 g/mol. The molecule has 0 saturated carbocycles. The van der Waals surface area contributed by atoms with Gasteiger partial charge in [0.05, 0.1) is 6.04 Å². The Morgan fingerprint density at radius 3 is 2.08 bits per heavy atom. The van der Waals surface area contributed by atoms with Gasteiger partial charge in [0, 0.05) is 5.69 Å². The molecule has 0 spiro atoms. The van der Waals surface area contributed by atoms with E-state index in [0.29, 0.717) is 12.1 Å². The lowest BCUT2D eigenvalue weighted by atomic mass is 10.00. The van der Waals surface area contributed by atoms with Crippen LogP contribution in [0.25, 0.3) is 0 Å². The number of amides is 2. The number of nitrogens with one attached hydrogen (secondary N) is 1. The van der Waals surface area contributed by atoms with Crippen LogP contribution >= 0.6 is 0 Å². The number of hydrogen-bond donors (Lipinski definition) is 3. The molecule has 0 bridgehead atoms. The number of carboxylic acid groups (broad SMARTS) is 1. The monoisotopic (exact) mass is 349 g/mol. The number of primary amides is 1. The van der Waals surface area contributed by atoms with Crippen molar-refractivity contribution in [1.82, 2.24) is 5.32 Å². The number of carbonyl (C=O) groups is 3. The summed E-state index contributed by atoms with van der Waals surface area (Å²) >= 11 is 0. The van der Waals surface area contributed by atoms with Crippen LogP contribution < -0.4 is 16.0 Å². The average Bonchev–Trinajstić information content (AvgIpc) is 2.54. The van der Waals surface area contributed by atoms with E-state index in [1.54, 1.807) is 31.2 Å². The normalized spacial score (nSPS) is 14.6. The third-order valence-corrected chi connectivity index (χ3v) is 3.85. The highest BCUT2D eigenvalue weighted by atomic mass is 16.4. The second-order valence-electron chi connectivity index (χ2n) is 6.54. The molecule has 0 saturated heterocycles. The van der Waals surface area contributed by atoms with Gasteiger partial charge >= 0.3 is 5.97 Å². The second-order valence-corrected chi connectivity index (χ2v) is 6.54. The van der Waals surface area contributed by atoms with Crippen molar-refractivity contribution in [3.05, 3.63) is 30.3 Å². The molecule has 2 amide bonds. The quantitative estimate of drug-likeness (QED) is 0.623. The van der Waals surface area contributed by atoms with Gasteiger partial charge in [-0.3, -0.25) is 24.6 Å². The second kappa shape index (κ2) is 9.17. The molecule has 1 rings (SSSR count). The van der Waals surface area contributed by atoms with E-state index in [4.69, 9.17) is 10.8 Å². The molecule has 1 aromatic rings. The first-order valence-electron chi connectivity index (χ1n) is 8.31. The van der Waals surface area contributed by atoms with Crippen LogP contribution in [0.4, 0.5) is 5.69 Å². The largest absolute Gasteiger partial charge is 0.480 e. The number of anilines is 1. The first-order valence-corrected chi connectivity index (χ1v) is 8.31. The minimum absolute atomic E-state index is 0.151. The summed E-state index contributed by atoms with van der Waals surface area (Å²) in [5.41, 5.74) is 6.11. The van der Waals surface area contributed by atoms with Crippen LogP contribution in [0.1, 0.15) is 34.1 Å². The molecule has 0 aliphatic heterocycles. The van der Waals surface area contributed by atoms with Gasteiger partial charge in [0.25, 0.3) is 0 Å². The fraction of sp³-hybridized carbons (Fsp3) is 0.500. The van der Waals surface area contributed by atoms with Crippen molar-refractivity contribution < 1.29 is 19.5 Å². The number of nitrogens with two attached hydrogens (primary N) is 1. The molecule has 7 nitrogen and oxygen atoms in total. The highest BCUT2D eigenvalue weighted by molar-refractivity contribution is 6.03. The highest BCUT2D eigenvalue weighted by Crippen LogP contribution is 2.22. The molecule has 0 radical (unpaired) electrons. The third kappa shape index (κ3) is 5.86. The fourth-order valence-corrected chi connectivity index (χ4v) is 2.57. The van der Waals surface area contributed by atoms with Crippen molar-refractivity contribution in [3.8, 4) is 0 Å².